The van der Waals surface area contributed by atoms with E-state index in [1.54, 1.807) is 0 Å². The molecule has 2 fully saturated rings. The third kappa shape index (κ3) is 3.21. The molecule has 6 nitrogen and oxygen atoms in total. The first-order valence-corrected chi connectivity index (χ1v) is 9.36. The summed E-state index contributed by atoms with van der Waals surface area (Å²) in [5.74, 6) is -6.79. The van der Waals surface area contributed by atoms with Crippen LogP contribution in [0.4, 0.5) is 27.6 Å². The van der Waals surface area contributed by atoms with Gasteiger partial charge >= 0.3 is 12.1 Å². The van der Waals surface area contributed by atoms with Gasteiger partial charge in [-0.05, 0) is 25.5 Å². The van der Waals surface area contributed by atoms with E-state index in [2.05, 4.69) is 0 Å². The Kier molecular flexibility index (Phi) is 4.75. The number of carboxylic acid groups (broad SMARTS) is 1. The summed E-state index contributed by atoms with van der Waals surface area (Å²) in [6.45, 7) is -1.25. The third-order valence-electron chi connectivity index (χ3n) is 5.83. The van der Waals surface area contributed by atoms with E-state index >= 15 is 4.39 Å². The monoisotopic (exact) mass is 431 g/mol. The number of aromatic nitrogens is 1. The SMILES string of the molecule is NCC1CN(c2c(F)cc3c(=O)c(C(=O)O)cn(C4CC4)c3c2F)CC1C(F)(F)F. The van der Waals surface area contributed by atoms with Crippen molar-refractivity contribution >= 4 is 22.6 Å². The van der Waals surface area contributed by atoms with E-state index in [1.807, 2.05) is 0 Å². The normalized spacial score (nSPS) is 22.1. The van der Waals surface area contributed by atoms with Crippen molar-refractivity contribution in [3.8, 4) is 0 Å². The maximum Gasteiger partial charge on any atom is 0.393 e. The summed E-state index contributed by atoms with van der Waals surface area (Å²) in [5.41, 5.74) is 2.81. The summed E-state index contributed by atoms with van der Waals surface area (Å²) in [6.07, 6.45) is -2.34. The lowest BCUT2D eigenvalue weighted by Gasteiger charge is -2.23. The van der Waals surface area contributed by atoms with Crippen molar-refractivity contribution in [3.05, 3.63) is 39.7 Å². The van der Waals surface area contributed by atoms with Crippen LogP contribution in [0.25, 0.3) is 10.9 Å². The highest BCUT2D eigenvalue weighted by molar-refractivity contribution is 5.94. The van der Waals surface area contributed by atoms with Crippen molar-refractivity contribution in [2.45, 2.75) is 25.1 Å². The molecule has 2 unspecified atom stereocenters. The molecule has 1 saturated heterocycles. The predicted molar refractivity (Wildman–Crippen MR) is 97.7 cm³/mol. The number of fused-ring (bicyclic) bond motifs is 1. The quantitative estimate of drug-likeness (QED) is 0.727. The van der Waals surface area contributed by atoms with Gasteiger partial charge in [-0.25, -0.2) is 13.6 Å². The molecule has 162 valence electrons. The van der Waals surface area contributed by atoms with Crippen LogP contribution in [0.15, 0.2) is 17.1 Å². The minimum atomic E-state index is -4.57. The molecule has 1 saturated carbocycles. The van der Waals surface area contributed by atoms with Crippen molar-refractivity contribution in [1.29, 1.82) is 0 Å². The molecule has 4 rings (SSSR count). The topological polar surface area (TPSA) is 88.6 Å². The highest BCUT2D eigenvalue weighted by atomic mass is 19.4. The Morgan fingerprint density at radius 1 is 1.23 bits per heavy atom. The molecule has 0 amide bonds. The molecule has 2 heterocycles. The van der Waals surface area contributed by atoms with Crippen molar-refractivity contribution in [1.82, 2.24) is 4.57 Å². The zero-order chi connectivity index (χ0) is 22.0. The van der Waals surface area contributed by atoms with Gasteiger partial charge in [-0.3, -0.25) is 4.79 Å². The van der Waals surface area contributed by atoms with Crippen LogP contribution in [-0.2, 0) is 0 Å². The molecule has 1 aliphatic heterocycles. The Labute approximate surface area is 166 Å². The standard InChI is InChI=1S/C19H18F5N3O3/c20-13-3-10-15(27(9-1-2-9)6-11(17(10)28)18(29)30)14(21)16(13)26-5-8(4-25)12(7-26)19(22,23)24/h3,6,8-9,12H,1-2,4-5,7,25H2,(H,29,30). The molecular weight excluding hydrogens is 413 g/mol. The molecule has 0 spiro atoms. The number of aromatic carboxylic acids is 1. The maximum absolute atomic E-state index is 15.5. The summed E-state index contributed by atoms with van der Waals surface area (Å²) in [5, 5.41) is 8.80. The minimum absolute atomic E-state index is 0.266. The number of nitrogens with two attached hydrogens (primary N) is 1. The van der Waals surface area contributed by atoms with Crippen molar-refractivity contribution in [3.63, 3.8) is 0 Å². The van der Waals surface area contributed by atoms with Crippen LogP contribution in [-0.4, -0.2) is 41.5 Å². The molecule has 3 N–H and O–H groups in total. The average Bonchev–Trinajstić information content (AvgIpc) is 3.40. The average molecular weight is 431 g/mol. The van der Waals surface area contributed by atoms with Crippen LogP contribution in [0, 0.1) is 23.5 Å². The van der Waals surface area contributed by atoms with Gasteiger partial charge in [0.25, 0.3) is 0 Å². The van der Waals surface area contributed by atoms with Crippen LogP contribution < -0.4 is 16.1 Å². The van der Waals surface area contributed by atoms with Gasteiger partial charge in [0.05, 0.1) is 16.8 Å². The molecule has 0 radical (unpaired) electrons. The van der Waals surface area contributed by atoms with E-state index in [9.17, 15) is 32.3 Å². The minimum Gasteiger partial charge on any atom is -0.477 e. The second-order valence-corrected chi connectivity index (χ2v) is 7.78. The lowest BCUT2D eigenvalue weighted by Crippen LogP contribution is -2.33. The zero-order valence-electron chi connectivity index (χ0n) is 15.5. The number of anilines is 1. The Balaban J connectivity index is 1.91. The van der Waals surface area contributed by atoms with Gasteiger partial charge in [-0.1, -0.05) is 0 Å². The fourth-order valence-corrected chi connectivity index (χ4v) is 4.18. The molecule has 2 atom stereocenters. The smallest absolute Gasteiger partial charge is 0.393 e. The summed E-state index contributed by atoms with van der Waals surface area (Å²) in [7, 11) is 0. The number of rotatable bonds is 4. The summed E-state index contributed by atoms with van der Waals surface area (Å²) in [6, 6.07) is 0.442. The second-order valence-electron chi connectivity index (χ2n) is 7.78. The van der Waals surface area contributed by atoms with Gasteiger partial charge in [0.2, 0.25) is 5.43 Å². The fourth-order valence-electron chi connectivity index (χ4n) is 4.18. The largest absolute Gasteiger partial charge is 0.477 e. The second kappa shape index (κ2) is 6.93. The van der Waals surface area contributed by atoms with Crippen molar-refractivity contribution in [2.24, 2.45) is 17.6 Å². The van der Waals surface area contributed by atoms with Crippen molar-refractivity contribution < 1.29 is 31.9 Å². The molecule has 2 aliphatic rings. The predicted octanol–water partition coefficient (Wildman–Crippen LogP) is 2.89. The molecule has 1 aromatic carbocycles. The first-order chi connectivity index (χ1) is 14.0. The van der Waals surface area contributed by atoms with E-state index in [1.165, 1.54) is 4.57 Å². The molecule has 30 heavy (non-hydrogen) atoms. The summed E-state index contributed by atoms with van der Waals surface area (Å²) < 4.78 is 71.6. The zero-order valence-corrected chi connectivity index (χ0v) is 15.5. The highest BCUT2D eigenvalue weighted by Gasteiger charge is 2.50. The van der Waals surface area contributed by atoms with Crippen LogP contribution in [0.5, 0.6) is 0 Å². The molecule has 1 aliphatic carbocycles. The van der Waals surface area contributed by atoms with E-state index in [0.29, 0.717) is 18.9 Å². The number of carboxylic acids is 1. The van der Waals surface area contributed by atoms with E-state index in [-0.39, 0.29) is 24.6 Å². The Morgan fingerprint density at radius 3 is 2.40 bits per heavy atom. The van der Waals surface area contributed by atoms with Gasteiger partial charge in [0, 0.05) is 31.2 Å². The van der Waals surface area contributed by atoms with Gasteiger partial charge in [0.15, 0.2) is 5.82 Å². The third-order valence-corrected chi connectivity index (χ3v) is 5.83. The molecule has 0 bridgehead atoms. The number of hydrogen-bond acceptors (Lipinski definition) is 4. The number of carbonyl (C=O) groups is 1. The number of nitrogens with zero attached hydrogens (tertiary/aromatic N) is 2. The molecular formula is C19H18F5N3O3. The highest BCUT2D eigenvalue weighted by Crippen LogP contribution is 2.43. The number of benzene rings is 1. The number of pyridine rings is 1. The number of halogens is 5. The van der Waals surface area contributed by atoms with Gasteiger partial charge in [-0.2, -0.15) is 13.2 Å². The number of alkyl halides is 3. The van der Waals surface area contributed by atoms with Crippen molar-refractivity contribution in [2.75, 3.05) is 24.5 Å². The Hall–Kier alpha value is -2.69. The maximum atomic E-state index is 15.5. The van der Waals surface area contributed by atoms with Gasteiger partial charge in [-0.15, -0.1) is 0 Å². The van der Waals surface area contributed by atoms with E-state index in [4.69, 9.17) is 5.73 Å². The summed E-state index contributed by atoms with van der Waals surface area (Å²) >= 11 is 0. The van der Waals surface area contributed by atoms with Crippen LogP contribution in [0.1, 0.15) is 29.2 Å². The lowest BCUT2D eigenvalue weighted by molar-refractivity contribution is -0.178. The summed E-state index contributed by atoms with van der Waals surface area (Å²) in [4.78, 5) is 24.8. The van der Waals surface area contributed by atoms with Crippen LogP contribution in [0.3, 0.4) is 0 Å². The van der Waals surface area contributed by atoms with Crippen LogP contribution >= 0.6 is 0 Å². The van der Waals surface area contributed by atoms with E-state index in [0.717, 1.165) is 11.1 Å². The van der Waals surface area contributed by atoms with Gasteiger partial charge in [0.1, 0.15) is 17.1 Å². The first-order valence-electron chi connectivity index (χ1n) is 9.36. The van der Waals surface area contributed by atoms with E-state index < -0.39 is 64.2 Å². The molecule has 1 aromatic heterocycles. The lowest BCUT2D eigenvalue weighted by atomic mass is 9.96. The first kappa shape index (κ1) is 20.6. The fraction of sp³-hybridized carbons (Fsp3) is 0.474. The van der Waals surface area contributed by atoms with Gasteiger partial charge < -0.3 is 20.3 Å². The molecule has 2 aromatic rings. The Morgan fingerprint density at radius 2 is 1.90 bits per heavy atom. The Bertz CT molecular complexity index is 1090. The van der Waals surface area contributed by atoms with Crippen LogP contribution in [0.2, 0.25) is 0 Å². The number of hydrogen-bond donors (Lipinski definition) is 2. The molecule has 11 heteroatoms.